The first kappa shape index (κ1) is 18.2. The molecule has 0 saturated carbocycles. The zero-order valence-electron chi connectivity index (χ0n) is 13.8. The summed E-state index contributed by atoms with van der Waals surface area (Å²) >= 11 is 11.9. The molecule has 0 fully saturated rings. The van der Waals surface area contributed by atoms with Gasteiger partial charge in [0.1, 0.15) is 0 Å². The highest BCUT2D eigenvalue weighted by atomic mass is 35.5. The molecule has 26 heavy (non-hydrogen) atoms. The van der Waals surface area contributed by atoms with Crippen molar-refractivity contribution in [2.45, 2.75) is 13.8 Å². The molecule has 0 aliphatic carbocycles. The molecule has 0 unspecified atom stereocenters. The second kappa shape index (κ2) is 6.59. The number of carbonyl (C=O) groups is 3. The SMILES string of the molecule is CC(=O)c1ccc2c(c1)c(C(=O)c1cc(Cl)cc(Cl)c1)c(O)n2C(C)=O. The summed E-state index contributed by atoms with van der Waals surface area (Å²) < 4.78 is 1.03. The number of benzene rings is 2. The monoisotopic (exact) mass is 389 g/mol. The molecule has 0 amide bonds. The van der Waals surface area contributed by atoms with Crippen LogP contribution in [0.3, 0.4) is 0 Å². The Labute approximate surface area is 158 Å². The minimum absolute atomic E-state index is 0.0865. The maximum atomic E-state index is 13.0. The van der Waals surface area contributed by atoms with Crippen LogP contribution in [0.4, 0.5) is 0 Å². The Morgan fingerprint density at radius 1 is 0.923 bits per heavy atom. The predicted molar refractivity (Wildman–Crippen MR) is 99.8 cm³/mol. The summed E-state index contributed by atoms with van der Waals surface area (Å²) in [7, 11) is 0. The van der Waals surface area contributed by atoms with E-state index in [1.54, 1.807) is 0 Å². The Morgan fingerprint density at radius 3 is 2.08 bits per heavy atom. The second-order valence-corrected chi connectivity index (χ2v) is 6.70. The quantitative estimate of drug-likeness (QED) is 0.655. The molecule has 7 heteroatoms. The number of hydrogen-bond donors (Lipinski definition) is 1. The first-order chi connectivity index (χ1) is 12.2. The van der Waals surface area contributed by atoms with Crippen LogP contribution < -0.4 is 0 Å². The predicted octanol–water partition coefficient (Wildman–Crippen LogP) is 4.75. The molecular formula is C19H13Cl2NO4. The largest absolute Gasteiger partial charge is 0.494 e. The third kappa shape index (κ3) is 3.00. The summed E-state index contributed by atoms with van der Waals surface area (Å²) in [5.74, 6) is -1.72. The lowest BCUT2D eigenvalue weighted by Gasteiger charge is -2.04. The summed E-state index contributed by atoms with van der Waals surface area (Å²) in [4.78, 5) is 36.7. The van der Waals surface area contributed by atoms with Gasteiger partial charge in [-0.25, -0.2) is 0 Å². The van der Waals surface area contributed by atoms with Gasteiger partial charge in [-0.05, 0) is 43.3 Å². The first-order valence-corrected chi connectivity index (χ1v) is 8.36. The Hall–Kier alpha value is -2.63. The number of nitrogens with zero attached hydrogens (tertiary/aromatic N) is 1. The highest BCUT2D eigenvalue weighted by molar-refractivity contribution is 6.35. The van der Waals surface area contributed by atoms with Crippen molar-refractivity contribution in [3.8, 4) is 5.88 Å². The van der Waals surface area contributed by atoms with E-state index in [0.29, 0.717) is 16.5 Å². The fourth-order valence-corrected chi connectivity index (χ4v) is 3.39. The van der Waals surface area contributed by atoms with Gasteiger partial charge in [0.05, 0.1) is 11.1 Å². The molecular weight excluding hydrogens is 377 g/mol. The maximum Gasteiger partial charge on any atom is 0.230 e. The Kier molecular flexibility index (Phi) is 4.61. The summed E-state index contributed by atoms with van der Waals surface area (Å²) in [5.41, 5.74) is 0.762. The van der Waals surface area contributed by atoms with Crippen LogP contribution in [0, 0.1) is 0 Å². The normalized spacial score (nSPS) is 10.9. The fourth-order valence-electron chi connectivity index (χ4n) is 2.87. The number of Topliss-reactive ketones (excluding diaryl/α,β-unsaturated/α-hetero) is 1. The Bertz CT molecular complexity index is 1080. The maximum absolute atomic E-state index is 13.0. The third-order valence-electron chi connectivity index (χ3n) is 4.02. The van der Waals surface area contributed by atoms with Crippen LogP contribution in [0.25, 0.3) is 10.9 Å². The minimum Gasteiger partial charge on any atom is -0.494 e. The molecule has 132 valence electrons. The number of aromatic hydroxyl groups is 1. The third-order valence-corrected chi connectivity index (χ3v) is 4.45. The average Bonchev–Trinajstić information content (AvgIpc) is 2.84. The Balaban J connectivity index is 2.34. The molecule has 0 aliphatic heterocycles. The molecule has 1 heterocycles. The van der Waals surface area contributed by atoms with Gasteiger partial charge in [0, 0.05) is 33.5 Å². The number of halogens is 2. The number of fused-ring (bicyclic) bond motifs is 1. The van der Waals surface area contributed by atoms with E-state index in [2.05, 4.69) is 0 Å². The van der Waals surface area contributed by atoms with Crippen LogP contribution >= 0.6 is 23.2 Å². The van der Waals surface area contributed by atoms with E-state index < -0.39 is 17.6 Å². The molecule has 5 nitrogen and oxygen atoms in total. The first-order valence-electron chi connectivity index (χ1n) is 7.60. The van der Waals surface area contributed by atoms with E-state index in [9.17, 15) is 19.5 Å². The van der Waals surface area contributed by atoms with E-state index in [4.69, 9.17) is 23.2 Å². The van der Waals surface area contributed by atoms with Crippen molar-refractivity contribution in [3.05, 3.63) is 63.1 Å². The molecule has 0 radical (unpaired) electrons. The van der Waals surface area contributed by atoms with Crippen LogP contribution in [0.15, 0.2) is 36.4 Å². The smallest absolute Gasteiger partial charge is 0.230 e. The summed E-state index contributed by atoms with van der Waals surface area (Å²) in [6, 6.07) is 8.85. The molecule has 0 atom stereocenters. The number of rotatable bonds is 3. The summed E-state index contributed by atoms with van der Waals surface area (Å²) in [6.07, 6.45) is 0. The molecule has 0 saturated heterocycles. The van der Waals surface area contributed by atoms with Gasteiger partial charge in [-0.3, -0.25) is 19.0 Å². The number of ketones is 2. The van der Waals surface area contributed by atoms with Gasteiger partial charge in [-0.15, -0.1) is 0 Å². The van der Waals surface area contributed by atoms with Gasteiger partial charge < -0.3 is 5.11 Å². The van der Waals surface area contributed by atoms with Crippen molar-refractivity contribution >= 4 is 51.6 Å². The summed E-state index contributed by atoms with van der Waals surface area (Å²) in [6.45, 7) is 2.66. The van der Waals surface area contributed by atoms with Crippen molar-refractivity contribution in [3.63, 3.8) is 0 Å². The van der Waals surface area contributed by atoms with Gasteiger partial charge in [0.2, 0.25) is 11.8 Å². The van der Waals surface area contributed by atoms with Gasteiger partial charge >= 0.3 is 0 Å². The van der Waals surface area contributed by atoms with Gasteiger partial charge in [0.15, 0.2) is 11.6 Å². The van der Waals surface area contributed by atoms with Crippen molar-refractivity contribution in [1.29, 1.82) is 0 Å². The fraction of sp³-hybridized carbons (Fsp3) is 0.105. The van der Waals surface area contributed by atoms with Gasteiger partial charge in [-0.1, -0.05) is 23.2 Å². The molecule has 3 aromatic rings. The Morgan fingerprint density at radius 2 is 1.54 bits per heavy atom. The topological polar surface area (TPSA) is 76.4 Å². The highest BCUT2D eigenvalue weighted by Crippen LogP contribution is 2.34. The molecule has 3 rings (SSSR count). The number of carbonyl (C=O) groups excluding carboxylic acids is 3. The average molecular weight is 390 g/mol. The van der Waals surface area contributed by atoms with Crippen molar-refractivity contribution < 1.29 is 19.5 Å². The van der Waals surface area contributed by atoms with Gasteiger partial charge in [-0.2, -0.15) is 0 Å². The van der Waals surface area contributed by atoms with Crippen LogP contribution in [-0.4, -0.2) is 27.1 Å². The highest BCUT2D eigenvalue weighted by Gasteiger charge is 2.26. The van der Waals surface area contributed by atoms with E-state index in [-0.39, 0.29) is 27.0 Å². The molecule has 1 aromatic heterocycles. The van der Waals surface area contributed by atoms with Crippen LogP contribution in [0.1, 0.15) is 44.9 Å². The number of aromatic nitrogens is 1. The zero-order chi connectivity index (χ0) is 19.2. The second-order valence-electron chi connectivity index (χ2n) is 5.83. The van der Waals surface area contributed by atoms with E-state index in [0.717, 1.165) is 4.57 Å². The van der Waals surface area contributed by atoms with Crippen molar-refractivity contribution in [1.82, 2.24) is 4.57 Å². The summed E-state index contributed by atoms with van der Waals surface area (Å²) in [5, 5.41) is 11.4. The van der Waals surface area contributed by atoms with E-state index in [1.807, 2.05) is 0 Å². The lowest BCUT2D eigenvalue weighted by molar-refractivity contribution is 0.0932. The van der Waals surface area contributed by atoms with E-state index in [1.165, 1.54) is 50.2 Å². The molecule has 0 spiro atoms. The minimum atomic E-state index is -0.558. The molecule has 1 N–H and O–H groups in total. The molecule has 0 bridgehead atoms. The molecule has 0 aliphatic rings. The van der Waals surface area contributed by atoms with Gasteiger partial charge in [0.25, 0.3) is 0 Å². The van der Waals surface area contributed by atoms with Crippen molar-refractivity contribution in [2.75, 3.05) is 0 Å². The van der Waals surface area contributed by atoms with Crippen LogP contribution in [0.5, 0.6) is 5.88 Å². The lowest BCUT2D eigenvalue weighted by Crippen LogP contribution is -2.06. The standard InChI is InChI=1S/C19H13Cl2NO4/c1-9(23)11-3-4-16-15(7-11)17(19(26)22(16)10(2)24)18(25)12-5-13(20)8-14(21)6-12/h3-8,26H,1-2H3. The zero-order valence-corrected chi connectivity index (χ0v) is 15.4. The van der Waals surface area contributed by atoms with Crippen LogP contribution in [-0.2, 0) is 0 Å². The van der Waals surface area contributed by atoms with E-state index >= 15 is 0 Å². The molecule has 2 aromatic carbocycles. The lowest BCUT2D eigenvalue weighted by atomic mass is 10.0. The van der Waals surface area contributed by atoms with Crippen molar-refractivity contribution in [2.24, 2.45) is 0 Å². The van der Waals surface area contributed by atoms with Crippen LogP contribution in [0.2, 0.25) is 10.0 Å². The number of hydrogen-bond acceptors (Lipinski definition) is 4.